The minimum absolute atomic E-state index is 0.495. The van der Waals surface area contributed by atoms with Gasteiger partial charge in [-0.05, 0) is 51.4 Å². The summed E-state index contributed by atoms with van der Waals surface area (Å²) in [5.41, 5.74) is 2.85. The molecule has 0 amide bonds. The second kappa shape index (κ2) is 6.35. The lowest BCUT2D eigenvalue weighted by atomic mass is 10.00. The van der Waals surface area contributed by atoms with Crippen LogP contribution in [-0.4, -0.2) is 31.1 Å². The van der Waals surface area contributed by atoms with Crippen LogP contribution in [0.5, 0.6) is 0 Å². The third-order valence-corrected chi connectivity index (χ3v) is 4.22. The monoisotopic (exact) mass is 246 g/mol. The molecule has 1 aliphatic rings. The number of hydrogen-bond donors (Lipinski definition) is 1. The maximum Gasteiger partial charge on any atom is 0.0320 e. The zero-order chi connectivity index (χ0) is 13.0. The van der Waals surface area contributed by atoms with Crippen molar-refractivity contribution in [2.24, 2.45) is 0 Å². The Bertz CT molecular complexity index is 369. The van der Waals surface area contributed by atoms with E-state index in [4.69, 9.17) is 0 Å². The maximum atomic E-state index is 3.63. The molecule has 1 heterocycles. The summed E-state index contributed by atoms with van der Waals surface area (Å²) in [5, 5.41) is 3.63. The fraction of sp³-hybridized carbons (Fsp3) is 0.625. The Balaban J connectivity index is 1.95. The van der Waals surface area contributed by atoms with Gasteiger partial charge in [0.25, 0.3) is 0 Å². The lowest BCUT2D eigenvalue weighted by molar-refractivity contribution is 0.214. The van der Waals surface area contributed by atoms with Crippen molar-refractivity contribution in [1.29, 1.82) is 0 Å². The highest BCUT2D eigenvalue weighted by Crippen LogP contribution is 2.22. The molecule has 2 unspecified atom stereocenters. The van der Waals surface area contributed by atoms with Crippen LogP contribution in [0.25, 0.3) is 0 Å². The predicted octanol–water partition coefficient (Wildman–Crippen LogP) is 3.13. The first-order chi connectivity index (χ1) is 8.68. The SMILES string of the molecule is Cc1ccccc1C(C)N(C)CC1CCCCN1. The molecule has 18 heavy (non-hydrogen) atoms. The Kier molecular flexibility index (Phi) is 4.79. The molecule has 1 N–H and O–H groups in total. The van der Waals surface area contributed by atoms with Crippen LogP contribution in [0.3, 0.4) is 0 Å². The summed E-state index contributed by atoms with van der Waals surface area (Å²) in [7, 11) is 2.24. The van der Waals surface area contributed by atoms with Crippen LogP contribution in [0.4, 0.5) is 0 Å². The number of benzene rings is 1. The third-order valence-electron chi connectivity index (χ3n) is 4.22. The van der Waals surface area contributed by atoms with E-state index in [1.165, 1.54) is 36.9 Å². The molecule has 1 aromatic carbocycles. The van der Waals surface area contributed by atoms with Gasteiger partial charge in [0.15, 0.2) is 0 Å². The average Bonchev–Trinajstić information content (AvgIpc) is 2.39. The summed E-state index contributed by atoms with van der Waals surface area (Å²) in [6.45, 7) is 6.86. The van der Waals surface area contributed by atoms with Crippen molar-refractivity contribution in [2.45, 2.75) is 45.2 Å². The summed E-state index contributed by atoms with van der Waals surface area (Å²) in [5.74, 6) is 0. The van der Waals surface area contributed by atoms with Crippen LogP contribution in [0.1, 0.15) is 43.4 Å². The molecule has 100 valence electrons. The molecular formula is C16H26N2. The van der Waals surface area contributed by atoms with Gasteiger partial charge in [-0.25, -0.2) is 0 Å². The molecular weight excluding hydrogens is 220 g/mol. The van der Waals surface area contributed by atoms with Gasteiger partial charge in [-0.15, -0.1) is 0 Å². The largest absolute Gasteiger partial charge is 0.313 e. The first kappa shape index (κ1) is 13.6. The molecule has 0 saturated carbocycles. The van der Waals surface area contributed by atoms with Crippen LogP contribution in [0.15, 0.2) is 24.3 Å². The van der Waals surface area contributed by atoms with Crippen molar-refractivity contribution in [1.82, 2.24) is 10.2 Å². The highest BCUT2D eigenvalue weighted by Gasteiger charge is 2.19. The summed E-state index contributed by atoms with van der Waals surface area (Å²) >= 11 is 0. The van der Waals surface area contributed by atoms with Crippen molar-refractivity contribution in [3.63, 3.8) is 0 Å². The van der Waals surface area contributed by atoms with Crippen molar-refractivity contribution < 1.29 is 0 Å². The zero-order valence-corrected chi connectivity index (χ0v) is 11.9. The Morgan fingerprint density at radius 2 is 2.11 bits per heavy atom. The molecule has 1 aliphatic heterocycles. The Morgan fingerprint density at radius 3 is 2.78 bits per heavy atom. The average molecular weight is 246 g/mol. The van der Waals surface area contributed by atoms with Crippen LogP contribution < -0.4 is 5.32 Å². The number of nitrogens with one attached hydrogen (secondary N) is 1. The van der Waals surface area contributed by atoms with E-state index in [1.807, 2.05) is 0 Å². The summed E-state index contributed by atoms with van der Waals surface area (Å²) in [6.07, 6.45) is 4.04. The van der Waals surface area contributed by atoms with Gasteiger partial charge in [-0.2, -0.15) is 0 Å². The molecule has 1 saturated heterocycles. The second-order valence-corrected chi connectivity index (χ2v) is 5.62. The van der Waals surface area contributed by atoms with Crippen LogP contribution >= 0.6 is 0 Å². The number of rotatable bonds is 4. The van der Waals surface area contributed by atoms with Gasteiger partial charge in [0.1, 0.15) is 0 Å². The fourth-order valence-electron chi connectivity index (χ4n) is 2.88. The van der Waals surface area contributed by atoms with Gasteiger partial charge in [0.2, 0.25) is 0 Å². The van der Waals surface area contributed by atoms with E-state index in [0.717, 1.165) is 6.54 Å². The minimum Gasteiger partial charge on any atom is -0.313 e. The quantitative estimate of drug-likeness (QED) is 0.878. The Labute approximate surface area is 111 Å². The molecule has 2 atom stereocenters. The van der Waals surface area contributed by atoms with Gasteiger partial charge >= 0.3 is 0 Å². The van der Waals surface area contributed by atoms with E-state index < -0.39 is 0 Å². The van der Waals surface area contributed by atoms with E-state index in [9.17, 15) is 0 Å². The summed E-state index contributed by atoms with van der Waals surface area (Å²) in [4.78, 5) is 2.48. The molecule has 1 aromatic rings. The smallest absolute Gasteiger partial charge is 0.0320 e. The van der Waals surface area contributed by atoms with Crippen molar-refractivity contribution >= 4 is 0 Å². The standard InChI is InChI=1S/C16H26N2/c1-13-8-4-5-10-16(13)14(2)18(3)12-15-9-6-7-11-17-15/h4-5,8,10,14-15,17H,6-7,9,11-12H2,1-3H3. The van der Waals surface area contributed by atoms with Crippen molar-refractivity contribution in [3.05, 3.63) is 35.4 Å². The van der Waals surface area contributed by atoms with E-state index in [-0.39, 0.29) is 0 Å². The number of piperidine rings is 1. The first-order valence-corrected chi connectivity index (χ1v) is 7.17. The van der Waals surface area contributed by atoms with Gasteiger partial charge in [0, 0.05) is 18.6 Å². The normalized spacial score (nSPS) is 22.1. The third kappa shape index (κ3) is 3.33. The fourth-order valence-corrected chi connectivity index (χ4v) is 2.88. The topological polar surface area (TPSA) is 15.3 Å². The molecule has 2 nitrogen and oxygen atoms in total. The van der Waals surface area contributed by atoms with E-state index in [2.05, 4.69) is 55.4 Å². The molecule has 0 radical (unpaired) electrons. The molecule has 0 aromatic heterocycles. The van der Waals surface area contributed by atoms with Crippen molar-refractivity contribution in [3.8, 4) is 0 Å². The van der Waals surface area contributed by atoms with E-state index in [1.54, 1.807) is 0 Å². The van der Waals surface area contributed by atoms with Gasteiger partial charge in [-0.1, -0.05) is 30.7 Å². The Hall–Kier alpha value is -0.860. The molecule has 0 spiro atoms. The second-order valence-electron chi connectivity index (χ2n) is 5.62. The number of likely N-dealkylation sites (N-methyl/N-ethyl adjacent to an activating group) is 1. The zero-order valence-electron chi connectivity index (χ0n) is 11.9. The number of aryl methyl sites for hydroxylation is 1. The lowest BCUT2D eigenvalue weighted by Gasteiger charge is -2.32. The maximum absolute atomic E-state index is 3.63. The van der Waals surface area contributed by atoms with Gasteiger partial charge in [0.05, 0.1) is 0 Å². The lowest BCUT2D eigenvalue weighted by Crippen LogP contribution is -2.43. The summed E-state index contributed by atoms with van der Waals surface area (Å²) < 4.78 is 0. The van der Waals surface area contributed by atoms with Crippen LogP contribution in [0, 0.1) is 6.92 Å². The molecule has 1 fully saturated rings. The van der Waals surface area contributed by atoms with Crippen molar-refractivity contribution in [2.75, 3.05) is 20.1 Å². The Morgan fingerprint density at radius 1 is 1.33 bits per heavy atom. The highest BCUT2D eigenvalue weighted by atomic mass is 15.1. The van der Waals surface area contributed by atoms with E-state index >= 15 is 0 Å². The summed E-state index contributed by atoms with van der Waals surface area (Å²) in [6, 6.07) is 9.90. The number of nitrogens with zero attached hydrogens (tertiary/aromatic N) is 1. The molecule has 0 bridgehead atoms. The highest BCUT2D eigenvalue weighted by molar-refractivity contribution is 5.28. The van der Waals surface area contributed by atoms with Gasteiger partial charge < -0.3 is 5.32 Å². The van der Waals surface area contributed by atoms with E-state index in [0.29, 0.717) is 12.1 Å². The predicted molar refractivity (Wildman–Crippen MR) is 77.9 cm³/mol. The molecule has 2 heteroatoms. The van der Waals surface area contributed by atoms with Gasteiger partial charge in [-0.3, -0.25) is 4.90 Å². The first-order valence-electron chi connectivity index (χ1n) is 7.17. The van der Waals surface area contributed by atoms with Crippen LogP contribution in [0.2, 0.25) is 0 Å². The minimum atomic E-state index is 0.495. The van der Waals surface area contributed by atoms with Crippen LogP contribution in [-0.2, 0) is 0 Å². The number of hydrogen-bond acceptors (Lipinski definition) is 2. The molecule has 0 aliphatic carbocycles. The molecule has 2 rings (SSSR count).